The van der Waals surface area contributed by atoms with Gasteiger partial charge in [0.1, 0.15) is 13.2 Å². The summed E-state index contributed by atoms with van der Waals surface area (Å²) in [5.41, 5.74) is 0.541. The van der Waals surface area contributed by atoms with E-state index in [9.17, 15) is 18.3 Å². The molecule has 108 valence electrons. The second-order valence-corrected chi connectivity index (χ2v) is 3.97. The molecule has 1 atom stereocenters. The van der Waals surface area contributed by atoms with Crippen molar-refractivity contribution in [3.8, 4) is 0 Å². The average molecular weight is 288 g/mol. The highest BCUT2D eigenvalue weighted by atomic mass is 19.4. The average Bonchev–Trinajstić information content (AvgIpc) is 2.86. The maximum atomic E-state index is 11.9. The van der Waals surface area contributed by atoms with Gasteiger partial charge in [0.15, 0.2) is 11.9 Å². The smallest absolute Gasteiger partial charge is 0.378 e. The minimum atomic E-state index is -4.41. The van der Waals surface area contributed by atoms with E-state index < -0.39 is 25.5 Å². The maximum absolute atomic E-state index is 11.9. The van der Waals surface area contributed by atoms with Crippen LogP contribution in [-0.4, -0.2) is 28.0 Å². The molecule has 1 unspecified atom stereocenters. The summed E-state index contributed by atoms with van der Waals surface area (Å²) in [6.45, 7) is -1.83. The third-order valence-electron chi connectivity index (χ3n) is 2.33. The number of ether oxygens (including phenoxy) is 1. The molecule has 1 aromatic heterocycles. The van der Waals surface area contributed by atoms with Gasteiger partial charge < -0.3 is 14.4 Å². The molecule has 1 heterocycles. The molecule has 0 saturated carbocycles. The first kappa shape index (κ1) is 14.5. The summed E-state index contributed by atoms with van der Waals surface area (Å²) in [6, 6.07) is 8.55. The Balaban J connectivity index is 1.95. The third kappa shape index (κ3) is 4.04. The van der Waals surface area contributed by atoms with E-state index >= 15 is 0 Å². The summed E-state index contributed by atoms with van der Waals surface area (Å²) in [5.74, 6) is -0.152. The van der Waals surface area contributed by atoms with Crippen molar-refractivity contribution in [3.05, 3.63) is 47.6 Å². The predicted molar refractivity (Wildman–Crippen MR) is 60.5 cm³/mol. The van der Waals surface area contributed by atoms with E-state index in [0.717, 1.165) is 0 Å². The summed E-state index contributed by atoms with van der Waals surface area (Å²) in [7, 11) is 0. The van der Waals surface area contributed by atoms with E-state index in [1.165, 1.54) is 0 Å². The Labute approximate surface area is 112 Å². The van der Waals surface area contributed by atoms with E-state index in [1.54, 1.807) is 30.3 Å². The van der Waals surface area contributed by atoms with Gasteiger partial charge in [-0.25, -0.2) is 0 Å². The van der Waals surface area contributed by atoms with Gasteiger partial charge in [0, 0.05) is 0 Å². The van der Waals surface area contributed by atoms with Gasteiger partial charge in [-0.15, -0.1) is 0 Å². The van der Waals surface area contributed by atoms with Crippen LogP contribution in [0.3, 0.4) is 0 Å². The first-order valence-corrected chi connectivity index (χ1v) is 5.66. The molecule has 1 N–H and O–H groups in total. The van der Waals surface area contributed by atoms with E-state index in [0.29, 0.717) is 5.56 Å². The molecule has 0 fully saturated rings. The van der Waals surface area contributed by atoms with Crippen molar-refractivity contribution in [2.45, 2.75) is 18.9 Å². The SMILES string of the molecule is OC(c1ccccc1)c1nc(COCC(F)(F)F)no1. The molecule has 8 heteroatoms. The van der Waals surface area contributed by atoms with E-state index in [2.05, 4.69) is 14.9 Å². The molecule has 20 heavy (non-hydrogen) atoms. The van der Waals surface area contributed by atoms with Crippen LogP contribution in [0.15, 0.2) is 34.9 Å². The zero-order chi connectivity index (χ0) is 14.6. The van der Waals surface area contributed by atoms with Gasteiger partial charge in [-0.3, -0.25) is 0 Å². The van der Waals surface area contributed by atoms with Gasteiger partial charge in [-0.05, 0) is 5.56 Å². The molecular formula is C12H11F3N2O3. The van der Waals surface area contributed by atoms with Gasteiger partial charge in [-0.1, -0.05) is 35.5 Å². The normalized spacial score (nSPS) is 13.4. The van der Waals surface area contributed by atoms with E-state index in [-0.39, 0.29) is 11.7 Å². The second-order valence-electron chi connectivity index (χ2n) is 3.97. The number of aromatic nitrogens is 2. The monoisotopic (exact) mass is 288 g/mol. The van der Waals surface area contributed by atoms with Crippen molar-refractivity contribution in [1.29, 1.82) is 0 Å². The minimum absolute atomic E-state index is 0.0563. The van der Waals surface area contributed by atoms with Crippen molar-refractivity contribution in [3.63, 3.8) is 0 Å². The number of aliphatic hydroxyl groups is 1. The van der Waals surface area contributed by atoms with Crippen molar-refractivity contribution in [2.75, 3.05) is 6.61 Å². The second kappa shape index (κ2) is 6.02. The lowest BCUT2D eigenvalue weighted by molar-refractivity contribution is -0.177. The highest BCUT2D eigenvalue weighted by molar-refractivity contribution is 5.21. The van der Waals surface area contributed by atoms with Gasteiger partial charge in [0.25, 0.3) is 5.89 Å². The first-order chi connectivity index (χ1) is 9.46. The van der Waals surface area contributed by atoms with Crippen LogP contribution in [0.5, 0.6) is 0 Å². The molecule has 0 aliphatic rings. The standard InChI is InChI=1S/C12H11F3N2O3/c13-12(14,15)7-19-6-9-16-11(20-17-9)10(18)8-4-2-1-3-5-8/h1-5,10,18H,6-7H2. The largest absolute Gasteiger partial charge is 0.411 e. The molecule has 2 aromatic rings. The lowest BCUT2D eigenvalue weighted by Gasteiger charge is -2.05. The molecule has 2 rings (SSSR count). The molecule has 0 saturated heterocycles. The Bertz CT molecular complexity index is 542. The van der Waals surface area contributed by atoms with Gasteiger partial charge in [-0.2, -0.15) is 18.2 Å². The quantitative estimate of drug-likeness (QED) is 0.913. The summed E-state index contributed by atoms with van der Waals surface area (Å²) in [5, 5.41) is 13.4. The van der Waals surface area contributed by atoms with Crippen LogP contribution in [0.1, 0.15) is 23.4 Å². The summed E-state index contributed by atoms with van der Waals surface area (Å²) >= 11 is 0. The minimum Gasteiger partial charge on any atom is -0.378 e. The van der Waals surface area contributed by atoms with Crippen LogP contribution in [0.25, 0.3) is 0 Å². The molecule has 0 aliphatic carbocycles. The van der Waals surface area contributed by atoms with Crippen molar-refractivity contribution in [2.24, 2.45) is 0 Å². The summed E-state index contributed by atoms with van der Waals surface area (Å²) in [4.78, 5) is 3.79. The zero-order valence-corrected chi connectivity index (χ0v) is 10.2. The Morgan fingerprint density at radius 2 is 1.95 bits per heavy atom. The molecule has 0 aliphatic heterocycles. The number of alkyl halides is 3. The lowest BCUT2D eigenvalue weighted by Crippen LogP contribution is -2.17. The van der Waals surface area contributed by atoms with Crippen LogP contribution in [0.2, 0.25) is 0 Å². The summed E-state index contributed by atoms with van der Waals surface area (Å²) in [6.07, 6.45) is -5.53. The highest BCUT2D eigenvalue weighted by Crippen LogP contribution is 2.20. The maximum Gasteiger partial charge on any atom is 0.411 e. The molecule has 1 aromatic carbocycles. The Morgan fingerprint density at radius 3 is 2.60 bits per heavy atom. The van der Waals surface area contributed by atoms with Crippen molar-refractivity contribution < 1.29 is 27.5 Å². The number of halogens is 3. The lowest BCUT2D eigenvalue weighted by atomic mass is 10.1. The van der Waals surface area contributed by atoms with Crippen molar-refractivity contribution >= 4 is 0 Å². The molecule has 0 radical (unpaired) electrons. The predicted octanol–water partition coefficient (Wildman–Crippen LogP) is 2.23. The van der Waals surface area contributed by atoms with Gasteiger partial charge in [0.05, 0.1) is 0 Å². The van der Waals surface area contributed by atoms with Gasteiger partial charge in [0.2, 0.25) is 0 Å². The molecule has 0 spiro atoms. The topological polar surface area (TPSA) is 68.4 Å². The first-order valence-electron chi connectivity index (χ1n) is 5.66. The fraction of sp³-hybridized carbons (Fsp3) is 0.333. The summed E-state index contributed by atoms with van der Waals surface area (Å²) < 4.78 is 44.8. The number of nitrogens with zero attached hydrogens (tertiary/aromatic N) is 2. The number of hydrogen-bond acceptors (Lipinski definition) is 5. The Hall–Kier alpha value is -1.93. The van der Waals surface area contributed by atoms with Gasteiger partial charge >= 0.3 is 6.18 Å². The van der Waals surface area contributed by atoms with Crippen LogP contribution in [0.4, 0.5) is 13.2 Å². The fourth-order valence-electron chi connectivity index (χ4n) is 1.47. The van der Waals surface area contributed by atoms with E-state index in [4.69, 9.17) is 4.52 Å². The third-order valence-corrected chi connectivity index (χ3v) is 2.33. The molecule has 0 amide bonds. The van der Waals surface area contributed by atoms with Crippen LogP contribution >= 0.6 is 0 Å². The van der Waals surface area contributed by atoms with Crippen molar-refractivity contribution in [1.82, 2.24) is 10.1 Å². The Kier molecular flexibility index (Phi) is 4.35. The fourth-order valence-corrected chi connectivity index (χ4v) is 1.47. The van der Waals surface area contributed by atoms with Crippen LogP contribution in [0, 0.1) is 0 Å². The number of hydrogen-bond donors (Lipinski definition) is 1. The zero-order valence-electron chi connectivity index (χ0n) is 10.2. The highest BCUT2D eigenvalue weighted by Gasteiger charge is 2.28. The van der Waals surface area contributed by atoms with E-state index in [1.807, 2.05) is 0 Å². The Morgan fingerprint density at radius 1 is 1.25 bits per heavy atom. The molecule has 0 bridgehead atoms. The van der Waals surface area contributed by atoms with Crippen LogP contribution in [-0.2, 0) is 11.3 Å². The molecular weight excluding hydrogens is 277 g/mol. The number of aliphatic hydroxyl groups excluding tert-OH is 1. The molecule has 5 nitrogen and oxygen atoms in total. The van der Waals surface area contributed by atoms with Crippen LogP contribution < -0.4 is 0 Å². The number of rotatable bonds is 5. The number of benzene rings is 1.